The predicted octanol–water partition coefficient (Wildman–Crippen LogP) is 3.90. The molecule has 0 aliphatic carbocycles. The normalized spacial score (nSPS) is 15.6. The molecule has 32 heavy (non-hydrogen) atoms. The van der Waals surface area contributed by atoms with Crippen molar-refractivity contribution in [2.24, 2.45) is 0 Å². The van der Waals surface area contributed by atoms with Crippen molar-refractivity contribution in [2.45, 2.75) is 38.8 Å². The highest BCUT2D eigenvalue weighted by molar-refractivity contribution is 7.18. The smallest absolute Gasteiger partial charge is 0.306 e. The fraction of sp³-hybridized carbons (Fsp3) is 0.400. The molecule has 2 heterocycles. The van der Waals surface area contributed by atoms with E-state index in [0.717, 1.165) is 41.3 Å². The fourth-order valence-corrected chi connectivity index (χ4v) is 4.95. The molecule has 0 bridgehead atoms. The second kappa shape index (κ2) is 10.7. The molecule has 7 heteroatoms. The first-order valence-corrected chi connectivity index (χ1v) is 12.0. The molecule has 0 radical (unpaired) electrons. The summed E-state index contributed by atoms with van der Waals surface area (Å²) in [5.74, 6) is -0.432. The first-order valence-electron chi connectivity index (χ1n) is 11.2. The van der Waals surface area contributed by atoms with E-state index in [1.807, 2.05) is 36.4 Å². The zero-order valence-corrected chi connectivity index (χ0v) is 19.2. The lowest BCUT2D eigenvalue weighted by molar-refractivity contribution is -0.160. The van der Waals surface area contributed by atoms with Crippen LogP contribution in [0.3, 0.4) is 0 Å². The Morgan fingerprint density at radius 1 is 1.03 bits per heavy atom. The largest absolute Gasteiger partial charge is 0.453 e. The SMILES string of the molecule is CC(OC(=O)CCCc1nc2ccccc2s1)C(=O)N1CCN(Cc2ccccc2)CC1. The Morgan fingerprint density at radius 2 is 1.75 bits per heavy atom. The van der Waals surface area contributed by atoms with E-state index in [4.69, 9.17) is 4.74 Å². The number of esters is 1. The van der Waals surface area contributed by atoms with Gasteiger partial charge in [-0.2, -0.15) is 0 Å². The molecule has 1 atom stereocenters. The van der Waals surface area contributed by atoms with Gasteiger partial charge in [0.1, 0.15) is 0 Å². The first-order chi connectivity index (χ1) is 15.6. The van der Waals surface area contributed by atoms with Gasteiger partial charge in [-0.3, -0.25) is 14.5 Å². The van der Waals surface area contributed by atoms with Crippen molar-refractivity contribution in [3.8, 4) is 0 Å². The lowest BCUT2D eigenvalue weighted by Crippen LogP contribution is -2.51. The molecular weight excluding hydrogens is 422 g/mol. The third kappa shape index (κ3) is 5.93. The maximum Gasteiger partial charge on any atom is 0.306 e. The Kier molecular flexibility index (Phi) is 7.50. The fourth-order valence-electron chi connectivity index (χ4n) is 3.94. The van der Waals surface area contributed by atoms with Crippen LogP contribution in [-0.2, 0) is 27.3 Å². The summed E-state index contributed by atoms with van der Waals surface area (Å²) in [5, 5.41) is 1.02. The highest BCUT2D eigenvalue weighted by atomic mass is 32.1. The number of ether oxygens (including phenoxy) is 1. The molecule has 1 saturated heterocycles. The van der Waals surface area contributed by atoms with E-state index in [-0.39, 0.29) is 11.9 Å². The second-order valence-corrected chi connectivity index (χ2v) is 9.26. The first kappa shape index (κ1) is 22.4. The van der Waals surface area contributed by atoms with Crippen LogP contribution in [0.5, 0.6) is 0 Å². The molecule has 4 rings (SSSR count). The van der Waals surface area contributed by atoms with Gasteiger partial charge in [0.25, 0.3) is 5.91 Å². The molecule has 0 spiro atoms. The van der Waals surface area contributed by atoms with Gasteiger partial charge in [0.05, 0.1) is 15.2 Å². The number of rotatable bonds is 8. The zero-order chi connectivity index (χ0) is 22.3. The Morgan fingerprint density at radius 3 is 2.50 bits per heavy atom. The third-order valence-electron chi connectivity index (χ3n) is 5.70. The van der Waals surface area contributed by atoms with Gasteiger partial charge in [-0.1, -0.05) is 42.5 Å². The number of thiazole rings is 1. The molecule has 1 unspecified atom stereocenters. The van der Waals surface area contributed by atoms with Gasteiger partial charge in [0.2, 0.25) is 0 Å². The molecule has 168 valence electrons. The van der Waals surface area contributed by atoms with Crippen molar-refractivity contribution in [1.29, 1.82) is 0 Å². The van der Waals surface area contributed by atoms with Crippen LogP contribution >= 0.6 is 11.3 Å². The van der Waals surface area contributed by atoms with Crippen LogP contribution in [0.2, 0.25) is 0 Å². The van der Waals surface area contributed by atoms with Gasteiger partial charge in [-0.15, -0.1) is 11.3 Å². The maximum absolute atomic E-state index is 12.7. The van der Waals surface area contributed by atoms with Crippen molar-refractivity contribution < 1.29 is 14.3 Å². The van der Waals surface area contributed by atoms with Crippen molar-refractivity contribution >= 4 is 33.4 Å². The summed E-state index contributed by atoms with van der Waals surface area (Å²) in [6.45, 7) is 5.52. The minimum atomic E-state index is -0.745. The van der Waals surface area contributed by atoms with E-state index < -0.39 is 6.10 Å². The molecule has 3 aromatic rings. The van der Waals surface area contributed by atoms with E-state index in [1.165, 1.54) is 5.56 Å². The molecule has 0 N–H and O–H groups in total. The predicted molar refractivity (Wildman–Crippen MR) is 126 cm³/mol. The lowest BCUT2D eigenvalue weighted by atomic mass is 10.2. The van der Waals surface area contributed by atoms with E-state index in [9.17, 15) is 9.59 Å². The van der Waals surface area contributed by atoms with Crippen LogP contribution in [0.4, 0.5) is 0 Å². The number of piperazine rings is 1. The van der Waals surface area contributed by atoms with Crippen LogP contribution in [0.1, 0.15) is 30.3 Å². The molecule has 1 fully saturated rings. The monoisotopic (exact) mass is 451 g/mol. The minimum absolute atomic E-state index is 0.108. The van der Waals surface area contributed by atoms with E-state index in [1.54, 1.807) is 23.2 Å². The molecule has 1 aromatic heterocycles. The number of aryl methyl sites for hydroxylation is 1. The Labute approximate surface area is 192 Å². The Balaban J connectivity index is 1.16. The number of hydrogen-bond acceptors (Lipinski definition) is 6. The molecule has 1 amide bonds. The van der Waals surface area contributed by atoms with Crippen molar-refractivity contribution in [3.05, 3.63) is 65.2 Å². The summed E-state index contributed by atoms with van der Waals surface area (Å²) in [6, 6.07) is 18.4. The standard InChI is InChI=1S/C25H29N3O3S/c1-19(25(30)28-16-14-27(15-17-28)18-20-8-3-2-4-9-20)31-24(29)13-7-12-23-26-21-10-5-6-11-22(21)32-23/h2-6,8-11,19H,7,12-18H2,1H3. The van der Waals surface area contributed by atoms with Gasteiger partial charge in [-0.25, -0.2) is 4.98 Å². The van der Waals surface area contributed by atoms with Gasteiger partial charge >= 0.3 is 5.97 Å². The van der Waals surface area contributed by atoms with E-state index in [2.05, 4.69) is 28.1 Å². The lowest BCUT2D eigenvalue weighted by Gasteiger charge is -2.35. The Bertz CT molecular complexity index is 1010. The summed E-state index contributed by atoms with van der Waals surface area (Å²) in [4.78, 5) is 33.7. The molecule has 1 aliphatic rings. The van der Waals surface area contributed by atoms with Gasteiger partial charge in [-0.05, 0) is 37.5 Å². The minimum Gasteiger partial charge on any atom is -0.453 e. The number of carbonyl (C=O) groups is 2. The number of benzene rings is 2. The summed E-state index contributed by atoms with van der Waals surface area (Å²) < 4.78 is 6.58. The zero-order valence-electron chi connectivity index (χ0n) is 18.4. The summed E-state index contributed by atoms with van der Waals surface area (Å²) in [5.41, 5.74) is 2.28. The number of hydrogen-bond donors (Lipinski definition) is 0. The topological polar surface area (TPSA) is 62.7 Å². The Hall–Kier alpha value is -2.77. The number of carbonyl (C=O) groups excluding carboxylic acids is 2. The third-order valence-corrected chi connectivity index (χ3v) is 6.79. The number of nitrogens with zero attached hydrogens (tertiary/aromatic N) is 3. The number of aromatic nitrogens is 1. The average Bonchev–Trinajstić information content (AvgIpc) is 3.22. The van der Waals surface area contributed by atoms with Crippen LogP contribution in [-0.4, -0.2) is 58.9 Å². The van der Waals surface area contributed by atoms with Crippen LogP contribution in [0.25, 0.3) is 10.2 Å². The highest BCUT2D eigenvalue weighted by Crippen LogP contribution is 2.22. The summed E-state index contributed by atoms with van der Waals surface area (Å²) in [7, 11) is 0. The van der Waals surface area contributed by atoms with Gasteiger partial charge < -0.3 is 9.64 Å². The molecule has 6 nitrogen and oxygen atoms in total. The van der Waals surface area contributed by atoms with Crippen LogP contribution in [0, 0.1) is 0 Å². The van der Waals surface area contributed by atoms with E-state index >= 15 is 0 Å². The maximum atomic E-state index is 12.7. The van der Waals surface area contributed by atoms with Gasteiger partial charge in [0, 0.05) is 39.1 Å². The van der Waals surface area contributed by atoms with Crippen LogP contribution in [0.15, 0.2) is 54.6 Å². The summed E-state index contributed by atoms with van der Waals surface area (Å²) >= 11 is 1.66. The number of para-hydroxylation sites is 1. The average molecular weight is 452 g/mol. The molecular formula is C25H29N3O3S. The number of fused-ring (bicyclic) bond motifs is 1. The molecule has 1 aliphatic heterocycles. The molecule has 0 saturated carbocycles. The quantitative estimate of drug-likeness (QED) is 0.486. The van der Waals surface area contributed by atoms with Crippen LogP contribution < -0.4 is 0 Å². The van der Waals surface area contributed by atoms with E-state index in [0.29, 0.717) is 25.9 Å². The van der Waals surface area contributed by atoms with Crippen molar-refractivity contribution in [2.75, 3.05) is 26.2 Å². The second-order valence-electron chi connectivity index (χ2n) is 8.15. The highest BCUT2D eigenvalue weighted by Gasteiger charge is 2.27. The molecule has 2 aromatic carbocycles. The van der Waals surface area contributed by atoms with Crippen molar-refractivity contribution in [3.63, 3.8) is 0 Å². The summed E-state index contributed by atoms with van der Waals surface area (Å²) in [6.07, 6.45) is 0.946. The number of amides is 1. The van der Waals surface area contributed by atoms with Crippen molar-refractivity contribution in [1.82, 2.24) is 14.8 Å². The van der Waals surface area contributed by atoms with Gasteiger partial charge in [0.15, 0.2) is 6.10 Å².